The van der Waals surface area contributed by atoms with Crippen LogP contribution in [0.1, 0.15) is 59.7 Å². The average Bonchev–Trinajstić information content (AvgIpc) is 3.58. The molecule has 1 aromatic carbocycles. The van der Waals surface area contributed by atoms with Gasteiger partial charge >= 0.3 is 0 Å². The molecule has 5 fully saturated rings. The van der Waals surface area contributed by atoms with Crippen molar-refractivity contribution in [2.45, 2.75) is 56.0 Å². The summed E-state index contributed by atoms with van der Waals surface area (Å²) < 4.78 is 15.5. The molecule has 136 valence electrons. The van der Waals surface area contributed by atoms with Crippen molar-refractivity contribution in [2.75, 3.05) is 13.1 Å². The summed E-state index contributed by atoms with van der Waals surface area (Å²) in [5, 5.41) is 4.22. The van der Waals surface area contributed by atoms with Gasteiger partial charge in [-0.15, -0.1) is 11.3 Å². The molecule has 0 radical (unpaired) electrons. The zero-order valence-corrected chi connectivity index (χ0v) is 15.6. The quantitative estimate of drug-likeness (QED) is 0.875. The number of carbonyl (C=O) groups is 1. The summed E-state index contributed by atoms with van der Waals surface area (Å²) in [5.74, 6) is 0.888. The van der Waals surface area contributed by atoms with Gasteiger partial charge in [0.15, 0.2) is 0 Å². The number of piperidine rings is 3. The van der Waals surface area contributed by atoms with Crippen LogP contribution in [0.25, 0.3) is 10.1 Å². The van der Waals surface area contributed by atoms with E-state index < -0.39 is 0 Å². The van der Waals surface area contributed by atoms with Crippen molar-refractivity contribution in [1.82, 2.24) is 10.2 Å². The number of thiophene rings is 1. The highest BCUT2D eigenvalue weighted by Gasteiger charge is 2.60. The van der Waals surface area contributed by atoms with E-state index in [0.717, 1.165) is 23.8 Å². The zero-order valence-electron chi connectivity index (χ0n) is 14.8. The molecule has 1 aromatic heterocycles. The minimum Gasteiger partial charge on any atom is -0.346 e. The summed E-state index contributed by atoms with van der Waals surface area (Å²) in [4.78, 5) is 16.2. The van der Waals surface area contributed by atoms with Gasteiger partial charge in [0.1, 0.15) is 5.82 Å². The van der Waals surface area contributed by atoms with Gasteiger partial charge in [0.05, 0.1) is 15.6 Å². The number of rotatable bonds is 3. The minimum absolute atomic E-state index is 0.0106. The highest BCUT2D eigenvalue weighted by atomic mass is 32.1. The normalized spacial score (nSPS) is 31.5. The Morgan fingerprint density at radius 2 is 1.96 bits per heavy atom. The van der Waals surface area contributed by atoms with Crippen LogP contribution in [0, 0.1) is 11.7 Å². The molecule has 2 aromatic rings. The fourth-order valence-corrected chi connectivity index (χ4v) is 6.45. The first-order valence-corrected chi connectivity index (χ1v) is 10.8. The Bertz CT molecular complexity index is 906. The number of carbonyl (C=O) groups excluding carboxylic acids is 1. The standard InChI is InChI=1S/C21H23FN2OS/c22-17-15(12-1-2-12)4-3-14-11-16(26-18(14)17)20(25)23-19-13-5-9-24(10-6-13)21(19)7-8-21/h3-4,11-13,19H,1-2,5-10H2,(H,23,25)/t19-/m1/s1. The third-order valence-electron chi connectivity index (χ3n) is 7.17. The third kappa shape index (κ3) is 2.16. The molecule has 0 unspecified atom stereocenters. The molecule has 5 heteroatoms. The molecule has 3 saturated heterocycles. The van der Waals surface area contributed by atoms with E-state index in [2.05, 4.69) is 10.2 Å². The van der Waals surface area contributed by atoms with Crippen molar-refractivity contribution < 1.29 is 9.18 Å². The van der Waals surface area contributed by atoms with Crippen molar-refractivity contribution in [3.05, 3.63) is 34.5 Å². The van der Waals surface area contributed by atoms with E-state index in [-0.39, 0.29) is 23.3 Å². The molecule has 4 heterocycles. The fraction of sp³-hybridized carbons (Fsp3) is 0.571. The lowest BCUT2D eigenvalue weighted by molar-refractivity contribution is -0.00138. The molecule has 1 atom stereocenters. The molecule has 7 rings (SSSR count). The predicted molar refractivity (Wildman–Crippen MR) is 101 cm³/mol. The first-order valence-electron chi connectivity index (χ1n) is 9.93. The number of nitrogens with one attached hydrogen (secondary N) is 1. The van der Waals surface area contributed by atoms with Gasteiger partial charge in [-0.3, -0.25) is 9.69 Å². The van der Waals surface area contributed by atoms with Crippen LogP contribution in [0.2, 0.25) is 0 Å². The van der Waals surface area contributed by atoms with Gasteiger partial charge < -0.3 is 5.32 Å². The molecule has 2 saturated carbocycles. The SMILES string of the molecule is O=C(N[C@@H]1C2CCN(CC2)C12CC2)c1cc2ccc(C3CC3)c(F)c2s1. The zero-order chi connectivity index (χ0) is 17.5. The third-order valence-corrected chi connectivity index (χ3v) is 8.31. The molecule has 1 amide bonds. The molecular formula is C21H23FN2OS. The average molecular weight is 370 g/mol. The topological polar surface area (TPSA) is 32.3 Å². The minimum atomic E-state index is -0.101. The smallest absolute Gasteiger partial charge is 0.261 e. The van der Waals surface area contributed by atoms with Crippen molar-refractivity contribution >= 4 is 27.3 Å². The Morgan fingerprint density at radius 1 is 1.19 bits per heavy atom. The summed E-state index contributed by atoms with van der Waals surface area (Å²) >= 11 is 1.32. The summed E-state index contributed by atoms with van der Waals surface area (Å²) in [6.45, 7) is 2.38. The maximum absolute atomic E-state index is 14.8. The van der Waals surface area contributed by atoms with Crippen molar-refractivity contribution in [1.29, 1.82) is 0 Å². The van der Waals surface area contributed by atoms with E-state index in [1.165, 1.54) is 50.1 Å². The number of fused-ring (bicyclic) bond motifs is 3. The molecule has 2 aliphatic carbocycles. The molecule has 3 nitrogen and oxygen atoms in total. The number of nitrogens with zero attached hydrogens (tertiary/aromatic N) is 1. The predicted octanol–water partition coefficient (Wildman–Crippen LogP) is 4.27. The maximum Gasteiger partial charge on any atom is 0.261 e. The fourth-order valence-electron chi connectivity index (χ4n) is 5.44. The van der Waals surface area contributed by atoms with Crippen LogP contribution in [0.15, 0.2) is 18.2 Å². The van der Waals surface area contributed by atoms with E-state index in [0.29, 0.717) is 21.4 Å². The summed E-state index contributed by atoms with van der Waals surface area (Å²) in [7, 11) is 0. The van der Waals surface area contributed by atoms with Crippen LogP contribution in [-0.4, -0.2) is 35.5 Å². The summed E-state index contributed by atoms with van der Waals surface area (Å²) in [5.41, 5.74) is 1.07. The van der Waals surface area contributed by atoms with E-state index in [4.69, 9.17) is 0 Å². The molecule has 26 heavy (non-hydrogen) atoms. The first kappa shape index (κ1) is 15.6. The van der Waals surface area contributed by atoms with Crippen LogP contribution in [0.4, 0.5) is 4.39 Å². The molecule has 5 aliphatic rings. The second kappa shape index (κ2) is 5.29. The Labute approximate surface area is 156 Å². The maximum atomic E-state index is 14.8. The number of hydrogen-bond donors (Lipinski definition) is 1. The van der Waals surface area contributed by atoms with Gasteiger partial charge in [0, 0.05) is 5.54 Å². The van der Waals surface area contributed by atoms with E-state index in [1.807, 2.05) is 18.2 Å². The van der Waals surface area contributed by atoms with Crippen molar-refractivity contribution in [2.24, 2.45) is 5.92 Å². The number of hydrogen-bond acceptors (Lipinski definition) is 3. The monoisotopic (exact) mass is 370 g/mol. The Balaban J connectivity index is 1.30. The van der Waals surface area contributed by atoms with Crippen molar-refractivity contribution in [3.8, 4) is 0 Å². The Morgan fingerprint density at radius 3 is 2.65 bits per heavy atom. The van der Waals surface area contributed by atoms with Gasteiger partial charge in [-0.2, -0.15) is 0 Å². The second-order valence-electron chi connectivity index (χ2n) is 8.65. The molecule has 3 aliphatic heterocycles. The van der Waals surface area contributed by atoms with E-state index >= 15 is 0 Å². The Hall–Kier alpha value is -1.46. The molecule has 1 spiro atoms. The number of amides is 1. The van der Waals surface area contributed by atoms with E-state index in [1.54, 1.807) is 0 Å². The van der Waals surface area contributed by atoms with Crippen LogP contribution in [0.5, 0.6) is 0 Å². The van der Waals surface area contributed by atoms with Crippen LogP contribution < -0.4 is 5.32 Å². The summed E-state index contributed by atoms with van der Waals surface area (Å²) in [6.07, 6.45) is 6.98. The van der Waals surface area contributed by atoms with Gasteiger partial charge in [-0.1, -0.05) is 12.1 Å². The van der Waals surface area contributed by atoms with Gasteiger partial charge in [0.25, 0.3) is 5.91 Å². The highest BCUT2D eigenvalue weighted by Crippen LogP contribution is 2.53. The molecular weight excluding hydrogens is 347 g/mol. The molecule has 1 N–H and O–H groups in total. The first-order chi connectivity index (χ1) is 12.7. The van der Waals surface area contributed by atoms with Crippen LogP contribution in [0.3, 0.4) is 0 Å². The van der Waals surface area contributed by atoms with Gasteiger partial charge in [-0.05, 0) is 80.5 Å². The largest absolute Gasteiger partial charge is 0.346 e. The Kier molecular flexibility index (Phi) is 3.17. The van der Waals surface area contributed by atoms with Crippen LogP contribution >= 0.6 is 11.3 Å². The number of benzene rings is 1. The van der Waals surface area contributed by atoms with Gasteiger partial charge in [-0.25, -0.2) is 4.39 Å². The molecule has 2 bridgehead atoms. The lowest BCUT2D eigenvalue weighted by atomic mass is 9.77. The lowest BCUT2D eigenvalue weighted by Crippen LogP contribution is -2.65. The highest BCUT2D eigenvalue weighted by molar-refractivity contribution is 7.20. The number of halogens is 1. The summed E-state index contributed by atoms with van der Waals surface area (Å²) in [6, 6.07) is 6.04. The lowest BCUT2D eigenvalue weighted by Gasteiger charge is -2.52. The second-order valence-corrected chi connectivity index (χ2v) is 9.70. The van der Waals surface area contributed by atoms with Crippen LogP contribution in [-0.2, 0) is 0 Å². The van der Waals surface area contributed by atoms with Crippen molar-refractivity contribution in [3.63, 3.8) is 0 Å². The van der Waals surface area contributed by atoms with E-state index in [9.17, 15) is 9.18 Å². The van der Waals surface area contributed by atoms with Gasteiger partial charge in [0.2, 0.25) is 0 Å².